The first-order valence-corrected chi connectivity index (χ1v) is 7.03. The van der Waals surface area contributed by atoms with Gasteiger partial charge in [-0.1, -0.05) is 12.1 Å². The van der Waals surface area contributed by atoms with Gasteiger partial charge >= 0.3 is 0 Å². The van der Waals surface area contributed by atoms with E-state index < -0.39 is 0 Å². The Morgan fingerprint density at radius 1 is 1.05 bits per heavy atom. The Hall–Kier alpha value is -1.94. The van der Waals surface area contributed by atoms with E-state index in [2.05, 4.69) is 18.2 Å². The van der Waals surface area contributed by atoms with Gasteiger partial charge in [-0.15, -0.1) is 0 Å². The molecule has 114 valence electrons. The van der Waals surface area contributed by atoms with Gasteiger partial charge in [0.15, 0.2) is 0 Å². The lowest BCUT2D eigenvalue weighted by Crippen LogP contribution is -2.28. The third kappa shape index (κ3) is 3.22. The van der Waals surface area contributed by atoms with Gasteiger partial charge in [-0.25, -0.2) is 0 Å². The molecule has 4 nitrogen and oxygen atoms in total. The van der Waals surface area contributed by atoms with Gasteiger partial charge in [-0.05, 0) is 42.8 Å². The van der Waals surface area contributed by atoms with E-state index in [1.807, 2.05) is 18.2 Å². The number of hydrogen-bond acceptors (Lipinski definition) is 4. The Bertz CT molecular complexity index is 529. The second-order valence-corrected chi connectivity index (χ2v) is 5.12. The van der Waals surface area contributed by atoms with Crippen LogP contribution in [-0.2, 0) is 14.9 Å². The van der Waals surface area contributed by atoms with Crippen molar-refractivity contribution in [3.63, 3.8) is 0 Å². The van der Waals surface area contributed by atoms with Gasteiger partial charge < -0.3 is 19.9 Å². The molecule has 0 fully saturated rings. The molecule has 0 atom stereocenters. The third-order valence-electron chi connectivity index (χ3n) is 3.88. The van der Waals surface area contributed by atoms with Crippen LogP contribution < -0.4 is 10.5 Å². The molecule has 0 aromatic heterocycles. The summed E-state index contributed by atoms with van der Waals surface area (Å²) in [6.45, 7) is 0.568. The van der Waals surface area contributed by atoms with Crippen LogP contribution in [0, 0.1) is 0 Å². The van der Waals surface area contributed by atoms with Crippen molar-refractivity contribution in [1.29, 1.82) is 0 Å². The van der Waals surface area contributed by atoms with Crippen molar-refractivity contribution in [2.75, 3.05) is 27.9 Å². The van der Waals surface area contributed by atoms with E-state index in [1.54, 1.807) is 21.3 Å². The molecule has 1 aromatic rings. The van der Waals surface area contributed by atoms with Crippen molar-refractivity contribution in [3.8, 4) is 5.75 Å². The predicted molar refractivity (Wildman–Crippen MR) is 83.1 cm³/mol. The molecule has 0 spiro atoms. The Kier molecular flexibility index (Phi) is 4.91. The van der Waals surface area contributed by atoms with Gasteiger partial charge in [0.25, 0.3) is 0 Å². The lowest BCUT2D eigenvalue weighted by Gasteiger charge is -2.33. The monoisotopic (exact) mass is 289 g/mol. The van der Waals surface area contributed by atoms with Crippen LogP contribution in [0.25, 0.3) is 0 Å². The number of hydrogen-bond donors (Lipinski definition) is 1. The molecule has 0 unspecified atom stereocenters. The first-order valence-electron chi connectivity index (χ1n) is 7.03. The number of ether oxygens (including phenoxy) is 3. The maximum atomic E-state index is 5.85. The summed E-state index contributed by atoms with van der Waals surface area (Å²) in [4.78, 5) is 0. The van der Waals surface area contributed by atoms with E-state index >= 15 is 0 Å². The molecular weight excluding hydrogens is 266 g/mol. The van der Waals surface area contributed by atoms with Crippen LogP contribution in [0.15, 0.2) is 47.9 Å². The van der Waals surface area contributed by atoms with Crippen LogP contribution in [0.5, 0.6) is 5.75 Å². The summed E-state index contributed by atoms with van der Waals surface area (Å²) in [6, 6.07) is 8.04. The van der Waals surface area contributed by atoms with E-state index in [9.17, 15) is 0 Å². The van der Waals surface area contributed by atoms with E-state index in [0.29, 0.717) is 13.0 Å². The molecule has 4 heteroatoms. The van der Waals surface area contributed by atoms with E-state index in [-0.39, 0.29) is 5.41 Å². The Morgan fingerprint density at radius 3 is 2.24 bits per heavy atom. The molecule has 1 aliphatic carbocycles. The summed E-state index contributed by atoms with van der Waals surface area (Å²) in [5.41, 5.74) is 6.66. The molecule has 0 bridgehead atoms. The molecule has 0 radical (unpaired) electrons. The molecular formula is C17H23NO3. The summed E-state index contributed by atoms with van der Waals surface area (Å²) < 4.78 is 16.3. The second kappa shape index (κ2) is 6.68. The van der Waals surface area contributed by atoms with Gasteiger partial charge in [0.2, 0.25) is 0 Å². The summed E-state index contributed by atoms with van der Waals surface area (Å²) in [5, 5.41) is 0. The average molecular weight is 289 g/mol. The van der Waals surface area contributed by atoms with Crippen LogP contribution >= 0.6 is 0 Å². The molecule has 0 amide bonds. The van der Waals surface area contributed by atoms with Gasteiger partial charge in [0.1, 0.15) is 17.3 Å². The Labute approximate surface area is 126 Å². The maximum absolute atomic E-state index is 5.85. The molecule has 21 heavy (non-hydrogen) atoms. The highest BCUT2D eigenvalue weighted by molar-refractivity contribution is 5.44. The number of nitrogens with two attached hydrogens (primary N) is 1. The van der Waals surface area contributed by atoms with Crippen molar-refractivity contribution in [1.82, 2.24) is 0 Å². The summed E-state index contributed by atoms with van der Waals surface area (Å²) in [7, 11) is 5.04. The largest absolute Gasteiger partial charge is 0.501 e. The van der Waals surface area contributed by atoms with Gasteiger partial charge in [-0.2, -0.15) is 0 Å². The standard InChI is InChI=1S/C17H23NO3/c1-19-14-6-4-5-13(9-14)17(7-8-18)11-15(20-2)10-16(12-17)21-3/h4-6,9,11-12H,7-8,10,18H2,1-3H3. The lowest BCUT2D eigenvalue weighted by molar-refractivity contribution is 0.225. The molecule has 2 N–H and O–H groups in total. The van der Waals surface area contributed by atoms with Crippen LogP contribution in [0.4, 0.5) is 0 Å². The van der Waals surface area contributed by atoms with Crippen molar-refractivity contribution in [2.24, 2.45) is 5.73 Å². The zero-order valence-corrected chi connectivity index (χ0v) is 12.9. The summed E-state index contributed by atoms with van der Waals surface area (Å²) in [6.07, 6.45) is 5.72. The van der Waals surface area contributed by atoms with E-state index in [0.717, 1.165) is 29.3 Å². The second-order valence-electron chi connectivity index (χ2n) is 5.12. The smallest absolute Gasteiger partial charge is 0.119 e. The van der Waals surface area contributed by atoms with Crippen LogP contribution in [-0.4, -0.2) is 27.9 Å². The lowest BCUT2D eigenvalue weighted by atomic mass is 9.74. The molecule has 0 aliphatic heterocycles. The Morgan fingerprint density at radius 2 is 1.71 bits per heavy atom. The van der Waals surface area contributed by atoms with Crippen molar-refractivity contribution >= 4 is 0 Å². The highest BCUT2D eigenvalue weighted by Gasteiger charge is 2.32. The number of rotatable bonds is 6. The fraction of sp³-hybridized carbons (Fsp3) is 0.412. The highest BCUT2D eigenvalue weighted by Crippen LogP contribution is 2.39. The minimum atomic E-state index is -0.321. The fourth-order valence-corrected chi connectivity index (χ4v) is 2.76. The minimum absolute atomic E-state index is 0.321. The van der Waals surface area contributed by atoms with Crippen LogP contribution in [0.2, 0.25) is 0 Å². The number of allylic oxidation sites excluding steroid dienone is 2. The molecule has 0 saturated carbocycles. The number of methoxy groups -OCH3 is 3. The minimum Gasteiger partial charge on any atom is -0.501 e. The van der Waals surface area contributed by atoms with Crippen molar-refractivity contribution in [2.45, 2.75) is 18.3 Å². The normalized spacial score (nSPS) is 16.8. The molecule has 2 rings (SSSR count). The fourth-order valence-electron chi connectivity index (χ4n) is 2.76. The molecule has 1 aromatic carbocycles. The molecule has 0 heterocycles. The van der Waals surface area contributed by atoms with E-state index in [1.165, 1.54) is 0 Å². The third-order valence-corrected chi connectivity index (χ3v) is 3.88. The van der Waals surface area contributed by atoms with Gasteiger partial charge in [-0.3, -0.25) is 0 Å². The number of benzene rings is 1. The van der Waals surface area contributed by atoms with Crippen molar-refractivity contribution < 1.29 is 14.2 Å². The molecule has 0 saturated heterocycles. The summed E-state index contributed by atoms with van der Waals surface area (Å²) >= 11 is 0. The zero-order valence-electron chi connectivity index (χ0n) is 12.9. The SMILES string of the molecule is COC1=CC(CCN)(c2cccc(OC)c2)C=C(OC)C1. The Balaban J connectivity index is 2.54. The quantitative estimate of drug-likeness (QED) is 0.875. The highest BCUT2D eigenvalue weighted by atomic mass is 16.5. The average Bonchev–Trinajstić information content (AvgIpc) is 2.54. The maximum Gasteiger partial charge on any atom is 0.119 e. The molecule has 1 aliphatic rings. The first kappa shape index (κ1) is 15.4. The predicted octanol–water partition coefficient (Wildman–Crippen LogP) is 2.75. The first-order chi connectivity index (χ1) is 10.2. The van der Waals surface area contributed by atoms with Crippen molar-refractivity contribution in [3.05, 3.63) is 53.5 Å². The van der Waals surface area contributed by atoms with Gasteiger partial charge in [0.05, 0.1) is 27.8 Å². The van der Waals surface area contributed by atoms with Crippen LogP contribution in [0.1, 0.15) is 18.4 Å². The van der Waals surface area contributed by atoms with Gasteiger partial charge in [0, 0.05) is 5.41 Å². The topological polar surface area (TPSA) is 53.7 Å². The zero-order chi connectivity index (χ0) is 15.3. The van der Waals surface area contributed by atoms with Crippen LogP contribution in [0.3, 0.4) is 0 Å². The summed E-state index contributed by atoms with van der Waals surface area (Å²) in [5.74, 6) is 2.62. The van der Waals surface area contributed by atoms with E-state index in [4.69, 9.17) is 19.9 Å².